The number of hydrogen-bond donors (Lipinski definition) is 1. The van der Waals surface area contributed by atoms with Gasteiger partial charge >= 0.3 is 0 Å². The maximum Gasteiger partial charge on any atom is 0.0753 e. The van der Waals surface area contributed by atoms with E-state index >= 15 is 0 Å². The topological polar surface area (TPSA) is 26.0 Å². The fourth-order valence-electron chi connectivity index (χ4n) is 1.73. The molecule has 70 valence electrons. The van der Waals surface area contributed by atoms with Gasteiger partial charge in [-0.15, -0.1) is 23.2 Å². The molecule has 0 saturated heterocycles. The molecule has 0 aliphatic heterocycles. The van der Waals surface area contributed by atoms with Gasteiger partial charge in [0.05, 0.1) is 10.8 Å². The average Bonchev–Trinajstić information content (AvgIpc) is 2.15. The first-order valence-corrected chi connectivity index (χ1v) is 5.19. The molecule has 2 N–H and O–H groups in total. The summed E-state index contributed by atoms with van der Waals surface area (Å²) in [6.45, 7) is 0. The number of nitrogens with two attached hydrogens (primary N) is 1. The Balaban J connectivity index is 2.43. The maximum absolute atomic E-state index is 6.18. The number of hydrogen-bond acceptors (Lipinski definition) is 1. The molecule has 0 saturated carbocycles. The molecule has 2 rings (SSSR count). The number of benzene rings is 1. The number of alkyl halides is 2. The van der Waals surface area contributed by atoms with Crippen LogP contribution in [0.25, 0.3) is 0 Å². The minimum Gasteiger partial charge on any atom is -0.325 e. The van der Waals surface area contributed by atoms with Gasteiger partial charge in [-0.1, -0.05) is 24.3 Å². The van der Waals surface area contributed by atoms with Crippen LogP contribution >= 0.6 is 23.2 Å². The minimum atomic E-state index is -0.146. The molecule has 0 heterocycles. The van der Waals surface area contributed by atoms with Gasteiger partial charge in [0, 0.05) is 6.04 Å². The molecule has 0 bridgehead atoms. The lowest BCUT2D eigenvalue weighted by Crippen LogP contribution is -2.40. The molecule has 13 heavy (non-hydrogen) atoms. The summed E-state index contributed by atoms with van der Waals surface area (Å²) in [5, 5.41) is -0.190. The largest absolute Gasteiger partial charge is 0.325 e. The zero-order chi connectivity index (χ0) is 9.42. The van der Waals surface area contributed by atoms with Crippen LogP contribution in [0.1, 0.15) is 16.5 Å². The van der Waals surface area contributed by atoms with E-state index in [9.17, 15) is 0 Å². The second-order valence-corrected chi connectivity index (χ2v) is 4.43. The Hall–Kier alpha value is -0.240. The van der Waals surface area contributed by atoms with Gasteiger partial charge in [-0.05, 0) is 17.5 Å². The highest BCUT2D eigenvalue weighted by molar-refractivity contribution is 6.25. The molecule has 3 unspecified atom stereocenters. The molecule has 1 aromatic carbocycles. The first-order valence-electron chi connectivity index (χ1n) is 4.31. The number of halogens is 2. The number of rotatable bonds is 0. The molecule has 1 aliphatic rings. The predicted octanol–water partition coefficient (Wildman–Crippen LogP) is 2.46. The first kappa shape index (κ1) is 9.32. The summed E-state index contributed by atoms with van der Waals surface area (Å²) in [7, 11) is 0. The summed E-state index contributed by atoms with van der Waals surface area (Å²) >= 11 is 12.3. The zero-order valence-electron chi connectivity index (χ0n) is 7.08. The second kappa shape index (κ2) is 3.49. The lowest BCUT2D eigenvalue weighted by Gasteiger charge is -2.30. The zero-order valence-corrected chi connectivity index (χ0v) is 8.59. The fraction of sp³-hybridized carbons (Fsp3) is 0.400. The quantitative estimate of drug-likeness (QED) is 0.662. The molecular weight excluding hydrogens is 205 g/mol. The molecular formula is C10H11Cl2N. The van der Waals surface area contributed by atoms with E-state index < -0.39 is 0 Å². The Labute approximate surface area is 87.8 Å². The van der Waals surface area contributed by atoms with Crippen LogP contribution in [-0.4, -0.2) is 11.4 Å². The van der Waals surface area contributed by atoms with Gasteiger partial charge in [-0.3, -0.25) is 0 Å². The smallest absolute Gasteiger partial charge is 0.0753 e. The summed E-state index contributed by atoms with van der Waals surface area (Å²) in [5.41, 5.74) is 8.23. The van der Waals surface area contributed by atoms with Crippen LogP contribution in [0.3, 0.4) is 0 Å². The van der Waals surface area contributed by atoms with Gasteiger partial charge in [0.15, 0.2) is 0 Å². The van der Waals surface area contributed by atoms with E-state index in [1.807, 2.05) is 18.2 Å². The average molecular weight is 216 g/mol. The number of fused-ring (bicyclic) bond motifs is 1. The Morgan fingerprint density at radius 3 is 2.69 bits per heavy atom. The van der Waals surface area contributed by atoms with Crippen molar-refractivity contribution in [2.24, 2.45) is 5.73 Å². The van der Waals surface area contributed by atoms with Gasteiger partial charge in [-0.25, -0.2) is 0 Å². The summed E-state index contributed by atoms with van der Waals surface area (Å²) in [4.78, 5) is 0. The van der Waals surface area contributed by atoms with Gasteiger partial charge in [0.1, 0.15) is 0 Å². The summed E-state index contributed by atoms with van der Waals surface area (Å²) in [6, 6.07) is 7.93. The highest BCUT2D eigenvalue weighted by atomic mass is 35.5. The fourth-order valence-corrected chi connectivity index (χ4v) is 2.50. The van der Waals surface area contributed by atoms with Crippen molar-refractivity contribution in [2.45, 2.75) is 23.2 Å². The standard InChI is InChI=1S/C10H11Cl2N/c11-8-5-6-3-1-2-4-7(6)9(12)10(8)13/h1-4,8-10H,5,13H2. The van der Waals surface area contributed by atoms with E-state index in [4.69, 9.17) is 28.9 Å². The summed E-state index contributed by atoms with van der Waals surface area (Å²) < 4.78 is 0. The molecule has 0 radical (unpaired) electrons. The van der Waals surface area contributed by atoms with Crippen molar-refractivity contribution in [3.05, 3.63) is 35.4 Å². The van der Waals surface area contributed by atoms with Crippen molar-refractivity contribution in [2.75, 3.05) is 0 Å². The third-order valence-electron chi connectivity index (χ3n) is 2.52. The second-order valence-electron chi connectivity index (χ2n) is 3.40. The van der Waals surface area contributed by atoms with Crippen LogP contribution < -0.4 is 5.73 Å². The van der Waals surface area contributed by atoms with E-state index in [1.54, 1.807) is 0 Å². The monoisotopic (exact) mass is 215 g/mol. The van der Waals surface area contributed by atoms with Crippen molar-refractivity contribution in [3.8, 4) is 0 Å². The molecule has 0 fully saturated rings. The molecule has 1 nitrogen and oxygen atoms in total. The molecule has 3 heteroatoms. The van der Waals surface area contributed by atoms with Crippen molar-refractivity contribution in [1.82, 2.24) is 0 Å². The molecule has 3 atom stereocenters. The van der Waals surface area contributed by atoms with E-state index in [1.165, 1.54) is 5.56 Å². The van der Waals surface area contributed by atoms with E-state index in [0.717, 1.165) is 12.0 Å². The SMILES string of the molecule is NC1C(Cl)Cc2ccccc2C1Cl. The molecule has 1 aromatic rings. The van der Waals surface area contributed by atoms with Gasteiger partial charge in [0.2, 0.25) is 0 Å². The summed E-state index contributed by atoms with van der Waals surface area (Å²) in [6.07, 6.45) is 0.822. The Bertz CT molecular complexity index is 314. The van der Waals surface area contributed by atoms with E-state index in [2.05, 4.69) is 6.07 Å². The van der Waals surface area contributed by atoms with Crippen LogP contribution in [-0.2, 0) is 6.42 Å². The van der Waals surface area contributed by atoms with Gasteiger partial charge in [0.25, 0.3) is 0 Å². The highest BCUT2D eigenvalue weighted by Gasteiger charge is 2.31. The van der Waals surface area contributed by atoms with Crippen LogP contribution in [0.2, 0.25) is 0 Å². The van der Waals surface area contributed by atoms with Gasteiger partial charge < -0.3 is 5.73 Å². The predicted molar refractivity (Wildman–Crippen MR) is 56.4 cm³/mol. The van der Waals surface area contributed by atoms with Crippen molar-refractivity contribution in [3.63, 3.8) is 0 Å². The first-order chi connectivity index (χ1) is 6.20. The summed E-state index contributed by atoms with van der Waals surface area (Å²) in [5.74, 6) is 0. The van der Waals surface area contributed by atoms with Crippen LogP contribution in [0.5, 0.6) is 0 Å². The highest BCUT2D eigenvalue weighted by Crippen LogP contribution is 2.35. The molecule has 0 aromatic heterocycles. The lowest BCUT2D eigenvalue weighted by atomic mass is 9.88. The maximum atomic E-state index is 6.18. The Kier molecular flexibility index (Phi) is 2.50. The minimum absolute atomic E-state index is 0.0441. The van der Waals surface area contributed by atoms with Crippen molar-refractivity contribution < 1.29 is 0 Å². The Morgan fingerprint density at radius 1 is 1.23 bits per heavy atom. The van der Waals surface area contributed by atoms with Crippen LogP contribution in [0, 0.1) is 0 Å². The lowest BCUT2D eigenvalue weighted by molar-refractivity contribution is 0.569. The van der Waals surface area contributed by atoms with E-state index in [-0.39, 0.29) is 16.8 Å². The normalized spacial score (nSPS) is 32.7. The third kappa shape index (κ3) is 1.56. The van der Waals surface area contributed by atoms with Crippen molar-refractivity contribution >= 4 is 23.2 Å². The van der Waals surface area contributed by atoms with Crippen LogP contribution in [0.15, 0.2) is 24.3 Å². The van der Waals surface area contributed by atoms with Gasteiger partial charge in [-0.2, -0.15) is 0 Å². The molecule has 0 spiro atoms. The molecule has 0 amide bonds. The van der Waals surface area contributed by atoms with E-state index in [0.29, 0.717) is 0 Å². The van der Waals surface area contributed by atoms with Crippen LogP contribution in [0.4, 0.5) is 0 Å². The van der Waals surface area contributed by atoms with Crippen molar-refractivity contribution in [1.29, 1.82) is 0 Å². The Morgan fingerprint density at radius 2 is 1.92 bits per heavy atom. The molecule has 1 aliphatic carbocycles. The third-order valence-corrected chi connectivity index (χ3v) is 3.49.